The summed E-state index contributed by atoms with van der Waals surface area (Å²) in [6.07, 6.45) is 6.99. The zero-order valence-electron chi connectivity index (χ0n) is 12.2. The number of carbonyl (C=O) groups is 1. The number of anilines is 2. The molecular weight excluding hydrogens is 252 g/mol. The molecule has 0 aromatic carbocycles. The molecule has 1 N–H and O–H groups in total. The average molecular weight is 274 g/mol. The molecule has 108 valence electrons. The maximum absolute atomic E-state index is 12.5. The molecule has 1 aromatic rings. The van der Waals surface area contributed by atoms with E-state index in [1.165, 1.54) is 25.7 Å². The minimum Gasteiger partial charge on any atom is -0.340 e. The van der Waals surface area contributed by atoms with Gasteiger partial charge in [-0.2, -0.15) is 5.10 Å². The van der Waals surface area contributed by atoms with E-state index in [-0.39, 0.29) is 11.9 Å². The summed E-state index contributed by atoms with van der Waals surface area (Å²) in [5.41, 5.74) is 1.97. The second-order valence-electron chi connectivity index (χ2n) is 6.38. The number of aromatic nitrogens is 2. The Hall–Kier alpha value is -1.52. The molecule has 0 bridgehead atoms. The minimum atomic E-state index is 0.0238. The fourth-order valence-corrected chi connectivity index (χ4v) is 4.45. The maximum atomic E-state index is 12.5. The van der Waals surface area contributed by atoms with Crippen molar-refractivity contribution in [2.45, 2.75) is 57.5 Å². The van der Waals surface area contributed by atoms with Gasteiger partial charge in [-0.15, -0.1) is 0 Å². The van der Waals surface area contributed by atoms with E-state index in [4.69, 9.17) is 0 Å². The summed E-state index contributed by atoms with van der Waals surface area (Å²) in [6.45, 7) is 2.09. The van der Waals surface area contributed by atoms with E-state index in [1.807, 2.05) is 11.7 Å². The number of fused-ring (bicyclic) bond motifs is 5. The Bertz CT molecular complexity index is 564. The Balaban J connectivity index is 1.83. The van der Waals surface area contributed by atoms with Crippen LogP contribution in [0.4, 0.5) is 11.5 Å². The Morgan fingerprint density at radius 3 is 2.95 bits per heavy atom. The number of aryl methyl sites for hydroxylation is 2. The quantitative estimate of drug-likeness (QED) is 0.853. The Morgan fingerprint density at radius 2 is 2.15 bits per heavy atom. The molecule has 1 saturated heterocycles. The third-order valence-corrected chi connectivity index (χ3v) is 5.31. The van der Waals surface area contributed by atoms with Crippen molar-refractivity contribution in [3.05, 3.63) is 5.69 Å². The second kappa shape index (κ2) is 4.24. The van der Waals surface area contributed by atoms with Gasteiger partial charge in [0.2, 0.25) is 5.91 Å². The molecule has 20 heavy (non-hydrogen) atoms. The maximum Gasteiger partial charge on any atom is 0.247 e. The zero-order valence-corrected chi connectivity index (χ0v) is 12.2. The van der Waals surface area contributed by atoms with Crippen LogP contribution in [0.1, 0.15) is 44.7 Å². The smallest absolute Gasteiger partial charge is 0.247 e. The summed E-state index contributed by atoms with van der Waals surface area (Å²) in [4.78, 5) is 14.9. The lowest BCUT2D eigenvalue weighted by atomic mass is 9.85. The number of hydrogen-bond donors (Lipinski definition) is 1. The second-order valence-corrected chi connectivity index (χ2v) is 6.38. The predicted molar refractivity (Wildman–Crippen MR) is 77.8 cm³/mol. The van der Waals surface area contributed by atoms with Crippen LogP contribution in [0.25, 0.3) is 0 Å². The molecule has 2 aliphatic heterocycles. The summed E-state index contributed by atoms with van der Waals surface area (Å²) in [5.74, 6) is 2.00. The molecule has 3 unspecified atom stereocenters. The van der Waals surface area contributed by atoms with Crippen LogP contribution in [-0.4, -0.2) is 27.8 Å². The van der Waals surface area contributed by atoms with Gasteiger partial charge in [-0.25, -0.2) is 0 Å². The number of hydrogen-bond acceptors (Lipinski definition) is 3. The first-order chi connectivity index (χ1) is 9.70. The molecule has 3 aliphatic rings. The van der Waals surface area contributed by atoms with Crippen LogP contribution in [0.2, 0.25) is 0 Å². The van der Waals surface area contributed by atoms with Crippen molar-refractivity contribution in [3.8, 4) is 0 Å². The first-order valence-corrected chi connectivity index (χ1v) is 7.85. The van der Waals surface area contributed by atoms with Gasteiger partial charge in [0.1, 0.15) is 11.7 Å². The largest absolute Gasteiger partial charge is 0.340 e. The van der Waals surface area contributed by atoms with E-state index in [0.717, 1.165) is 30.0 Å². The van der Waals surface area contributed by atoms with E-state index in [1.54, 1.807) is 0 Å². The average Bonchev–Trinajstić information content (AvgIpc) is 2.97. The van der Waals surface area contributed by atoms with Gasteiger partial charge in [0.05, 0.1) is 5.69 Å². The van der Waals surface area contributed by atoms with Crippen molar-refractivity contribution in [2.24, 2.45) is 13.0 Å². The number of nitrogens with one attached hydrogen (secondary N) is 1. The predicted octanol–water partition coefficient (Wildman–Crippen LogP) is 2.07. The molecule has 0 radical (unpaired) electrons. The highest BCUT2D eigenvalue weighted by atomic mass is 16.2. The molecule has 3 heterocycles. The van der Waals surface area contributed by atoms with E-state index in [9.17, 15) is 4.79 Å². The highest BCUT2D eigenvalue weighted by Crippen LogP contribution is 2.47. The van der Waals surface area contributed by atoms with E-state index >= 15 is 0 Å². The van der Waals surface area contributed by atoms with Gasteiger partial charge < -0.3 is 10.2 Å². The number of amides is 1. The molecule has 3 atom stereocenters. The van der Waals surface area contributed by atoms with Crippen molar-refractivity contribution in [2.75, 3.05) is 10.2 Å². The summed E-state index contributed by atoms with van der Waals surface area (Å²) in [7, 11) is 2.00. The molecule has 1 saturated carbocycles. The van der Waals surface area contributed by atoms with Gasteiger partial charge in [0, 0.05) is 13.1 Å². The normalized spacial score (nSPS) is 31.6. The number of nitrogens with zero attached hydrogens (tertiary/aromatic N) is 3. The summed E-state index contributed by atoms with van der Waals surface area (Å²) in [6, 6.07) is 0.564. The molecule has 5 heteroatoms. The van der Waals surface area contributed by atoms with Crippen LogP contribution >= 0.6 is 0 Å². The van der Waals surface area contributed by atoms with Gasteiger partial charge in [-0.1, -0.05) is 19.8 Å². The lowest BCUT2D eigenvalue weighted by Gasteiger charge is -2.38. The van der Waals surface area contributed by atoms with E-state index < -0.39 is 0 Å². The van der Waals surface area contributed by atoms with E-state index in [2.05, 4.69) is 22.2 Å². The lowest BCUT2D eigenvalue weighted by Crippen LogP contribution is -2.48. The summed E-state index contributed by atoms with van der Waals surface area (Å²) < 4.78 is 1.97. The molecule has 4 rings (SSSR count). The van der Waals surface area contributed by atoms with Crippen molar-refractivity contribution >= 4 is 17.4 Å². The van der Waals surface area contributed by atoms with E-state index in [0.29, 0.717) is 12.0 Å². The van der Waals surface area contributed by atoms with Gasteiger partial charge in [-0.05, 0) is 31.6 Å². The van der Waals surface area contributed by atoms with Gasteiger partial charge in [0.25, 0.3) is 0 Å². The minimum absolute atomic E-state index is 0.0238. The fourth-order valence-electron chi connectivity index (χ4n) is 4.45. The lowest BCUT2D eigenvalue weighted by molar-refractivity contribution is -0.117. The third-order valence-electron chi connectivity index (χ3n) is 5.31. The van der Waals surface area contributed by atoms with Gasteiger partial charge >= 0.3 is 0 Å². The van der Waals surface area contributed by atoms with Crippen LogP contribution in [0.15, 0.2) is 0 Å². The molecule has 0 spiro atoms. The Morgan fingerprint density at radius 1 is 1.35 bits per heavy atom. The number of carbonyl (C=O) groups excluding carboxylic acids is 1. The van der Waals surface area contributed by atoms with Crippen molar-refractivity contribution in [1.29, 1.82) is 0 Å². The van der Waals surface area contributed by atoms with Crippen LogP contribution < -0.4 is 10.2 Å². The summed E-state index contributed by atoms with van der Waals surface area (Å²) in [5, 5.41) is 7.72. The van der Waals surface area contributed by atoms with Gasteiger partial charge in [-0.3, -0.25) is 9.48 Å². The Kier molecular flexibility index (Phi) is 2.59. The first-order valence-electron chi connectivity index (χ1n) is 7.85. The van der Waals surface area contributed by atoms with Crippen LogP contribution in [0.3, 0.4) is 0 Å². The molecule has 5 nitrogen and oxygen atoms in total. The highest BCUT2D eigenvalue weighted by molar-refractivity contribution is 6.04. The van der Waals surface area contributed by atoms with Crippen molar-refractivity contribution < 1.29 is 4.79 Å². The fraction of sp³-hybridized carbons (Fsp3) is 0.733. The van der Waals surface area contributed by atoms with Crippen molar-refractivity contribution in [3.63, 3.8) is 0 Å². The monoisotopic (exact) mass is 274 g/mol. The molecule has 1 amide bonds. The topological polar surface area (TPSA) is 50.2 Å². The van der Waals surface area contributed by atoms with Crippen LogP contribution in [-0.2, 0) is 18.3 Å². The first kappa shape index (κ1) is 12.2. The standard InChI is InChI=1S/C15H22N4O/c1-3-10-13-15(18(2)17-10)19-11-7-5-4-6-9(11)8-12(19)14(20)16-13/h9,11-12H,3-8H2,1-2H3,(H,16,20). The van der Waals surface area contributed by atoms with Crippen LogP contribution in [0.5, 0.6) is 0 Å². The Labute approximate surface area is 119 Å². The van der Waals surface area contributed by atoms with Gasteiger partial charge in [0.15, 0.2) is 5.82 Å². The third kappa shape index (κ3) is 1.49. The molecule has 2 fully saturated rings. The van der Waals surface area contributed by atoms with Crippen molar-refractivity contribution in [1.82, 2.24) is 9.78 Å². The zero-order chi connectivity index (χ0) is 13.9. The highest BCUT2D eigenvalue weighted by Gasteiger charge is 2.49. The number of rotatable bonds is 1. The molecule has 1 aliphatic carbocycles. The SMILES string of the molecule is CCc1nn(C)c2c1NC(=O)C1CC3CCCCC3N21. The molecular formula is C15H22N4O. The summed E-state index contributed by atoms with van der Waals surface area (Å²) >= 11 is 0. The van der Waals surface area contributed by atoms with Crippen LogP contribution in [0, 0.1) is 5.92 Å². The molecule has 1 aromatic heterocycles.